The summed E-state index contributed by atoms with van der Waals surface area (Å²) in [6.07, 6.45) is 0. The molecule has 1 saturated heterocycles. The lowest BCUT2D eigenvalue weighted by atomic mass is 10.1. The molecule has 0 radical (unpaired) electrons. The average Bonchev–Trinajstić information content (AvgIpc) is 3.41. The number of imide groups is 1. The number of para-hydroxylation sites is 1. The number of hydrogen-bond acceptors (Lipinski definition) is 5. The number of piperazine rings is 1. The standard InChI is InChI=1S/C25H22FN3O2S/c1-17-6-4-7-18(16-17)27-11-13-28(14-12-27)23-22(21-10-5-15-32-21)24(30)29(25(23)31)20-9-3-2-8-19(20)26/h2-10,15-16H,11-14H2,1H3. The van der Waals surface area contributed by atoms with E-state index in [1.165, 1.54) is 29.0 Å². The summed E-state index contributed by atoms with van der Waals surface area (Å²) in [5, 5.41) is 1.87. The molecule has 2 aliphatic heterocycles. The summed E-state index contributed by atoms with van der Waals surface area (Å²) >= 11 is 1.41. The molecule has 162 valence electrons. The molecule has 0 atom stereocenters. The number of carbonyl (C=O) groups excluding carboxylic acids is 2. The van der Waals surface area contributed by atoms with Crippen molar-refractivity contribution in [2.75, 3.05) is 36.0 Å². The van der Waals surface area contributed by atoms with E-state index in [1.54, 1.807) is 12.1 Å². The van der Waals surface area contributed by atoms with Crippen molar-refractivity contribution in [3.8, 4) is 0 Å². The first-order valence-electron chi connectivity index (χ1n) is 10.5. The number of amides is 2. The van der Waals surface area contributed by atoms with Crippen molar-refractivity contribution in [1.82, 2.24) is 4.90 Å². The second kappa shape index (κ2) is 8.24. The van der Waals surface area contributed by atoms with Crippen LogP contribution in [-0.4, -0.2) is 42.9 Å². The Morgan fingerprint density at radius 2 is 1.59 bits per heavy atom. The van der Waals surface area contributed by atoms with E-state index < -0.39 is 17.6 Å². The van der Waals surface area contributed by atoms with E-state index in [2.05, 4.69) is 30.0 Å². The predicted octanol–water partition coefficient (Wildman–Crippen LogP) is 4.30. The average molecular weight is 448 g/mol. The highest BCUT2D eigenvalue weighted by atomic mass is 32.1. The number of hydrogen-bond donors (Lipinski definition) is 0. The molecule has 0 N–H and O–H groups in total. The summed E-state index contributed by atoms with van der Waals surface area (Å²) in [6, 6.07) is 17.9. The summed E-state index contributed by atoms with van der Waals surface area (Å²) in [5.74, 6) is -1.53. The monoisotopic (exact) mass is 447 g/mol. The molecule has 7 heteroatoms. The van der Waals surface area contributed by atoms with Crippen LogP contribution in [0.15, 0.2) is 71.7 Å². The summed E-state index contributed by atoms with van der Waals surface area (Å²) < 4.78 is 14.5. The summed E-state index contributed by atoms with van der Waals surface area (Å²) in [7, 11) is 0. The van der Waals surface area contributed by atoms with Crippen LogP contribution in [0.25, 0.3) is 5.57 Å². The molecule has 2 amide bonds. The number of anilines is 2. The fourth-order valence-corrected chi connectivity index (χ4v) is 5.08. The third-order valence-corrected chi connectivity index (χ3v) is 6.77. The predicted molar refractivity (Wildman–Crippen MR) is 125 cm³/mol. The van der Waals surface area contributed by atoms with Gasteiger partial charge in [0.2, 0.25) is 0 Å². The van der Waals surface area contributed by atoms with Gasteiger partial charge in [0.05, 0.1) is 11.3 Å². The molecular weight excluding hydrogens is 425 g/mol. The first-order valence-corrected chi connectivity index (χ1v) is 11.4. The van der Waals surface area contributed by atoms with Crippen molar-refractivity contribution in [1.29, 1.82) is 0 Å². The van der Waals surface area contributed by atoms with E-state index in [-0.39, 0.29) is 5.69 Å². The number of rotatable bonds is 4. The molecule has 3 aromatic rings. The quantitative estimate of drug-likeness (QED) is 0.560. The molecule has 1 fully saturated rings. The third kappa shape index (κ3) is 3.48. The third-order valence-electron chi connectivity index (χ3n) is 5.88. The zero-order valence-electron chi connectivity index (χ0n) is 17.6. The van der Waals surface area contributed by atoms with Gasteiger partial charge in [0.1, 0.15) is 11.5 Å². The number of carbonyl (C=O) groups is 2. The van der Waals surface area contributed by atoms with Crippen molar-refractivity contribution < 1.29 is 14.0 Å². The van der Waals surface area contributed by atoms with Gasteiger partial charge in [-0.25, -0.2) is 9.29 Å². The largest absolute Gasteiger partial charge is 0.368 e. The molecule has 0 bridgehead atoms. The summed E-state index contributed by atoms with van der Waals surface area (Å²) in [5.41, 5.74) is 3.07. The number of thiophene rings is 1. The minimum absolute atomic E-state index is 0.00930. The van der Waals surface area contributed by atoms with E-state index in [0.717, 1.165) is 28.6 Å². The van der Waals surface area contributed by atoms with Gasteiger partial charge in [0.15, 0.2) is 0 Å². The zero-order chi connectivity index (χ0) is 22.2. The second-order valence-electron chi connectivity index (χ2n) is 7.91. The highest BCUT2D eigenvalue weighted by Gasteiger charge is 2.44. The summed E-state index contributed by atoms with van der Waals surface area (Å²) in [4.78, 5) is 32.8. The second-order valence-corrected chi connectivity index (χ2v) is 8.86. The lowest BCUT2D eigenvalue weighted by Crippen LogP contribution is -2.47. The number of aryl methyl sites for hydroxylation is 1. The van der Waals surface area contributed by atoms with Crippen LogP contribution in [0.2, 0.25) is 0 Å². The van der Waals surface area contributed by atoms with Crippen molar-refractivity contribution >= 4 is 40.1 Å². The van der Waals surface area contributed by atoms with Crippen LogP contribution in [0.1, 0.15) is 10.4 Å². The topological polar surface area (TPSA) is 43.9 Å². The minimum atomic E-state index is -0.592. The highest BCUT2D eigenvalue weighted by molar-refractivity contribution is 7.11. The molecule has 2 aromatic carbocycles. The van der Waals surface area contributed by atoms with Gasteiger partial charge in [0, 0.05) is 36.7 Å². The molecule has 0 saturated carbocycles. The van der Waals surface area contributed by atoms with E-state index in [9.17, 15) is 14.0 Å². The van der Waals surface area contributed by atoms with Crippen LogP contribution in [0, 0.1) is 12.7 Å². The van der Waals surface area contributed by atoms with Crippen LogP contribution in [0.4, 0.5) is 15.8 Å². The lowest BCUT2D eigenvalue weighted by Gasteiger charge is -2.37. The number of halogens is 1. The van der Waals surface area contributed by atoms with Crippen LogP contribution < -0.4 is 9.80 Å². The lowest BCUT2D eigenvalue weighted by molar-refractivity contribution is -0.120. The maximum Gasteiger partial charge on any atom is 0.282 e. The van der Waals surface area contributed by atoms with Crippen LogP contribution in [0.3, 0.4) is 0 Å². The molecule has 5 nitrogen and oxygen atoms in total. The van der Waals surface area contributed by atoms with E-state index in [1.807, 2.05) is 28.5 Å². The van der Waals surface area contributed by atoms with Gasteiger partial charge in [-0.2, -0.15) is 0 Å². The Bertz CT molecular complexity index is 1210. The minimum Gasteiger partial charge on any atom is -0.368 e. The Balaban J connectivity index is 1.47. The summed E-state index contributed by atoms with van der Waals surface area (Å²) in [6.45, 7) is 4.72. The van der Waals surface area contributed by atoms with Gasteiger partial charge in [-0.1, -0.05) is 30.3 Å². The van der Waals surface area contributed by atoms with Gasteiger partial charge in [0.25, 0.3) is 11.8 Å². The van der Waals surface area contributed by atoms with Gasteiger partial charge in [-0.05, 0) is 48.2 Å². The molecule has 0 unspecified atom stereocenters. The van der Waals surface area contributed by atoms with Crippen LogP contribution >= 0.6 is 11.3 Å². The van der Waals surface area contributed by atoms with E-state index in [4.69, 9.17) is 0 Å². The SMILES string of the molecule is Cc1cccc(N2CCN(C3=C(c4cccs4)C(=O)N(c4ccccc4F)C3=O)CC2)c1. The Labute approximate surface area is 190 Å². The maximum atomic E-state index is 14.5. The van der Waals surface area contributed by atoms with Gasteiger partial charge >= 0.3 is 0 Å². The zero-order valence-corrected chi connectivity index (χ0v) is 18.4. The fourth-order valence-electron chi connectivity index (χ4n) is 4.32. The number of benzene rings is 2. The van der Waals surface area contributed by atoms with Crippen LogP contribution in [0.5, 0.6) is 0 Å². The molecule has 1 aromatic heterocycles. The molecule has 32 heavy (non-hydrogen) atoms. The maximum absolute atomic E-state index is 14.5. The van der Waals surface area contributed by atoms with Gasteiger partial charge in [-0.15, -0.1) is 11.3 Å². The molecule has 3 heterocycles. The van der Waals surface area contributed by atoms with E-state index >= 15 is 0 Å². The Hall–Kier alpha value is -3.45. The molecule has 5 rings (SSSR count). The molecule has 0 aliphatic carbocycles. The Morgan fingerprint density at radius 1 is 0.844 bits per heavy atom. The van der Waals surface area contributed by atoms with Crippen molar-refractivity contribution in [2.45, 2.75) is 6.92 Å². The van der Waals surface area contributed by atoms with Gasteiger partial charge in [-0.3, -0.25) is 9.59 Å². The van der Waals surface area contributed by atoms with Gasteiger partial charge < -0.3 is 9.80 Å². The Morgan fingerprint density at radius 3 is 2.28 bits per heavy atom. The van der Waals surface area contributed by atoms with Crippen LogP contribution in [-0.2, 0) is 9.59 Å². The smallest absolute Gasteiger partial charge is 0.282 e. The first kappa shape index (κ1) is 20.5. The molecular formula is C25H22FN3O2S. The number of nitrogens with zero attached hydrogens (tertiary/aromatic N) is 3. The van der Waals surface area contributed by atoms with Crippen molar-refractivity contribution in [3.05, 3.63) is 88.0 Å². The van der Waals surface area contributed by atoms with E-state index in [0.29, 0.717) is 24.4 Å². The molecule has 2 aliphatic rings. The normalized spacial score (nSPS) is 17.0. The highest BCUT2D eigenvalue weighted by Crippen LogP contribution is 2.37. The van der Waals surface area contributed by atoms with Crippen molar-refractivity contribution in [2.24, 2.45) is 0 Å². The molecule has 0 spiro atoms. The Kier molecular flexibility index (Phi) is 5.27. The van der Waals surface area contributed by atoms with Crippen molar-refractivity contribution in [3.63, 3.8) is 0 Å². The fraction of sp³-hybridized carbons (Fsp3) is 0.200. The first-order chi connectivity index (χ1) is 15.5.